The van der Waals surface area contributed by atoms with Gasteiger partial charge in [0.1, 0.15) is 6.61 Å². The van der Waals surface area contributed by atoms with Crippen molar-refractivity contribution in [2.24, 2.45) is 5.10 Å². The number of hydrazone groups is 1. The van der Waals surface area contributed by atoms with E-state index in [1.54, 1.807) is 25.5 Å². The van der Waals surface area contributed by atoms with E-state index in [1.807, 2.05) is 48.5 Å². The Morgan fingerprint density at radius 3 is 2.38 bits per heavy atom. The fraction of sp³-hybridized carbons (Fsp3) is 0.136. The maximum absolute atomic E-state index is 6.19. The number of methoxy groups -OCH3 is 1. The summed E-state index contributed by atoms with van der Waals surface area (Å²) in [6, 6.07) is 18.5. The van der Waals surface area contributed by atoms with Gasteiger partial charge in [-0.15, -0.1) is 0 Å². The summed E-state index contributed by atoms with van der Waals surface area (Å²) >= 11 is 18.0. The van der Waals surface area contributed by atoms with Crippen LogP contribution in [0.3, 0.4) is 0 Å². The van der Waals surface area contributed by atoms with E-state index >= 15 is 0 Å². The van der Waals surface area contributed by atoms with Crippen molar-refractivity contribution >= 4 is 41.0 Å². The molecule has 0 aliphatic rings. The van der Waals surface area contributed by atoms with Gasteiger partial charge >= 0.3 is 0 Å². The van der Waals surface area contributed by atoms with Crippen molar-refractivity contribution in [3.8, 4) is 11.5 Å². The second kappa shape index (κ2) is 10.4. The molecule has 0 fully saturated rings. The minimum atomic E-state index is 0.308. The number of hydrogen-bond donors (Lipinski definition) is 1. The van der Waals surface area contributed by atoms with Crippen LogP contribution in [0, 0.1) is 0 Å². The van der Waals surface area contributed by atoms with Crippen LogP contribution in [0.25, 0.3) is 0 Å². The molecule has 0 saturated heterocycles. The molecule has 0 unspecified atom stereocenters. The Labute approximate surface area is 185 Å². The lowest BCUT2D eigenvalue weighted by atomic mass is 10.2. The van der Waals surface area contributed by atoms with Crippen LogP contribution in [0.2, 0.25) is 15.1 Å². The van der Waals surface area contributed by atoms with Gasteiger partial charge in [0, 0.05) is 20.6 Å². The average molecular weight is 450 g/mol. The first-order valence-corrected chi connectivity index (χ1v) is 9.93. The zero-order chi connectivity index (χ0) is 20.6. The van der Waals surface area contributed by atoms with Crippen molar-refractivity contribution in [2.45, 2.75) is 13.2 Å². The third-order valence-electron chi connectivity index (χ3n) is 4.09. The highest BCUT2D eigenvalue weighted by Gasteiger charge is 2.08. The molecular formula is C22H19Cl3N2O2. The highest BCUT2D eigenvalue weighted by atomic mass is 35.5. The van der Waals surface area contributed by atoms with Gasteiger partial charge in [0.05, 0.1) is 19.9 Å². The first-order valence-electron chi connectivity index (χ1n) is 8.80. The lowest BCUT2D eigenvalue weighted by molar-refractivity contribution is 0.284. The number of nitrogens with one attached hydrogen (secondary N) is 1. The summed E-state index contributed by atoms with van der Waals surface area (Å²) in [5, 5.41) is 6.11. The fourth-order valence-corrected chi connectivity index (χ4v) is 3.13. The maximum Gasteiger partial charge on any atom is 0.161 e. The van der Waals surface area contributed by atoms with Gasteiger partial charge in [-0.3, -0.25) is 0 Å². The predicted molar refractivity (Wildman–Crippen MR) is 120 cm³/mol. The van der Waals surface area contributed by atoms with Gasteiger partial charge in [0.2, 0.25) is 0 Å². The molecule has 1 N–H and O–H groups in total. The highest BCUT2D eigenvalue weighted by molar-refractivity contribution is 6.35. The second-order valence-corrected chi connectivity index (χ2v) is 7.43. The SMILES string of the molecule is COc1cc(/C=N\NCc2ccc(Cl)cc2)ccc1OCc1ccc(Cl)cc1Cl. The molecule has 0 atom stereocenters. The van der Waals surface area contributed by atoms with Crippen molar-refractivity contribution in [3.63, 3.8) is 0 Å². The molecular weight excluding hydrogens is 431 g/mol. The van der Waals surface area contributed by atoms with Gasteiger partial charge in [-0.1, -0.05) is 53.0 Å². The Hall–Kier alpha value is -2.40. The summed E-state index contributed by atoms with van der Waals surface area (Å²) in [5.41, 5.74) is 5.82. The van der Waals surface area contributed by atoms with Gasteiger partial charge in [-0.2, -0.15) is 5.10 Å². The minimum Gasteiger partial charge on any atom is -0.493 e. The van der Waals surface area contributed by atoms with Crippen molar-refractivity contribution in [1.82, 2.24) is 5.43 Å². The predicted octanol–water partition coefficient (Wildman–Crippen LogP) is 6.36. The Kier molecular flexibility index (Phi) is 7.64. The average Bonchev–Trinajstić information content (AvgIpc) is 2.72. The van der Waals surface area contributed by atoms with E-state index in [2.05, 4.69) is 10.5 Å². The number of hydrogen-bond acceptors (Lipinski definition) is 4. The van der Waals surface area contributed by atoms with Gasteiger partial charge in [0.15, 0.2) is 11.5 Å². The number of benzene rings is 3. The molecule has 0 aromatic heterocycles. The molecule has 150 valence electrons. The topological polar surface area (TPSA) is 42.8 Å². The van der Waals surface area contributed by atoms with Gasteiger partial charge in [-0.25, -0.2) is 0 Å². The highest BCUT2D eigenvalue weighted by Crippen LogP contribution is 2.29. The van der Waals surface area contributed by atoms with E-state index in [1.165, 1.54) is 0 Å². The Morgan fingerprint density at radius 2 is 1.66 bits per heavy atom. The normalized spacial score (nSPS) is 10.9. The number of ether oxygens (including phenoxy) is 2. The smallest absolute Gasteiger partial charge is 0.161 e. The van der Waals surface area contributed by atoms with E-state index in [9.17, 15) is 0 Å². The molecule has 29 heavy (non-hydrogen) atoms. The molecule has 7 heteroatoms. The van der Waals surface area contributed by atoms with Gasteiger partial charge in [-0.05, 0) is 53.6 Å². The second-order valence-electron chi connectivity index (χ2n) is 6.15. The molecule has 0 amide bonds. The molecule has 0 spiro atoms. The third kappa shape index (κ3) is 6.29. The number of nitrogens with zero attached hydrogens (tertiary/aromatic N) is 1. The van der Waals surface area contributed by atoms with Crippen molar-refractivity contribution in [1.29, 1.82) is 0 Å². The minimum absolute atomic E-state index is 0.308. The summed E-state index contributed by atoms with van der Waals surface area (Å²) in [6.45, 7) is 0.913. The Morgan fingerprint density at radius 1 is 0.897 bits per heavy atom. The van der Waals surface area contributed by atoms with E-state index in [4.69, 9.17) is 44.3 Å². The Bertz CT molecular complexity index is 992. The molecule has 0 saturated carbocycles. The zero-order valence-corrected chi connectivity index (χ0v) is 17.9. The number of rotatable bonds is 8. The summed E-state index contributed by atoms with van der Waals surface area (Å²) < 4.78 is 11.3. The molecule has 3 aromatic carbocycles. The molecule has 0 aliphatic carbocycles. The molecule has 0 heterocycles. The third-order valence-corrected chi connectivity index (χ3v) is 4.93. The summed E-state index contributed by atoms with van der Waals surface area (Å²) in [5.74, 6) is 1.22. The largest absolute Gasteiger partial charge is 0.493 e. The van der Waals surface area contributed by atoms with Gasteiger partial charge < -0.3 is 14.9 Å². The summed E-state index contributed by atoms with van der Waals surface area (Å²) in [4.78, 5) is 0. The molecule has 4 nitrogen and oxygen atoms in total. The van der Waals surface area contributed by atoms with Crippen molar-refractivity contribution < 1.29 is 9.47 Å². The maximum atomic E-state index is 6.19. The summed E-state index contributed by atoms with van der Waals surface area (Å²) in [7, 11) is 1.59. The Balaban J connectivity index is 1.59. The molecule has 3 aromatic rings. The zero-order valence-electron chi connectivity index (χ0n) is 15.7. The van der Waals surface area contributed by atoms with E-state index in [0.29, 0.717) is 39.7 Å². The monoisotopic (exact) mass is 448 g/mol. The molecule has 0 radical (unpaired) electrons. The first kappa shape index (κ1) is 21.3. The van der Waals surface area contributed by atoms with Crippen LogP contribution >= 0.6 is 34.8 Å². The van der Waals surface area contributed by atoms with E-state index < -0.39 is 0 Å². The van der Waals surface area contributed by atoms with Crippen molar-refractivity contribution in [2.75, 3.05) is 7.11 Å². The van der Waals surface area contributed by atoms with Crippen LogP contribution in [-0.4, -0.2) is 13.3 Å². The van der Waals surface area contributed by atoms with Crippen LogP contribution in [-0.2, 0) is 13.2 Å². The molecule has 0 aliphatic heterocycles. The van der Waals surface area contributed by atoms with Crippen LogP contribution in [0.4, 0.5) is 0 Å². The summed E-state index contributed by atoms with van der Waals surface area (Å²) in [6.07, 6.45) is 1.72. The van der Waals surface area contributed by atoms with Crippen LogP contribution in [0.1, 0.15) is 16.7 Å². The standard InChI is InChI=1S/C22H19Cl3N2O2/c1-28-22-10-16(13-27-26-12-15-2-6-18(23)7-3-15)4-9-21(22)29-14-17-5-8-19(24)11-20(17)25/h2-11,13,26H,12,14H2,1H3/b27-13-. The van der Waals surface area contributed by atoms with Crippen LogP contribution in [0.5, 0.6) is 11.5 Å². The van der Waals surface area contributed by atoms with Crippen LogP contribution < -0.4 is 14.9 Å². The first-order chi connectivity index (χ1) is 14.0. The lowest BCUT2D eigenvalue weighted by Crippen LogP contribution is -2.05. The lowest BCUT2D eigenvalue weighted by Gasteiger charge is -2.12. The van der Waals surface area contributed by atoms with E-state index in [-0.39, 0.29) is 0 Å². The van der Waals surface area contributed by atoms with E-state index in [0.717, 1.165) is 16.7 Å². The fourth-order valence-electron chi connectivity index (χ4n) is 2.54. The number of halogens is 3. The molecule has 0 bridgehead atoms. The quantitative estimate of drug-likeness (QED) is 0.321. The van der Waals surface area contributed by atoms with Crippen molar-refractivity contribution in [3.05, 3.63) is 92.4 Å². The van der Waals surface area contributed by atoms with Crippen LogP contribution in [0.15, 0.2) is 65.8 Å². The van der Waals surface area contributed by atoms with Gasteiger partial charge in [0.25, 0.3) is 0 Å². The molecule has 3 rings (SSSR count).